The van der Waals surface area contributed by atoms with Gasteiger partial charge in [-0.15, -0.1) is 0 Å². The smallest absolute Gasteiger partial charge is 0.0512 e. The summed E-state index contributed by atoms with van der Waals surface area (Å²) in [5.74, 6) is 0.178. The Morgan fingerprint density at radius 2 is 2.21 bits per heavy atom. The van der Waals surface area contributed by atoms with Crippen molar-refractivity contribution in [2.75, 3.05) is 20.2 Å². The first-order valence-electron chi connectivity index (χ1n) is 4.70. The highest BCUT2D eigenvalue weighted by Gasteiger charge is 2.11. The largest absolute Gasteiger partial charge is 0.396 e. The number of rotatable bonds is 4. The molecule has 0 fully saturated rings. The van der Waals surface area contributed by atoms with Gasteiger partial charge in [0.1, 0.15) is 0 Å². The fourth-order valence-corrected chi connectivity index (χ4v) is 1.95. The number of nitrogens with one attached hydrogen (secondary N) is 1. The van der Waals surface area contributed by atoms with Gasteiger partial charge in [-0.3, -0.25) is 0 Å². The average molecular weight is 258 g/mol. The highest BCUT2D eigenvalue weighted by molar-refractivity contribution is 9.10. The Kier molecular flexibility index (Phi) is 4.58. The molecule has 0 aromatic heterocycles. The van der Waals surface area contributed by atoms with E-state index in [2.05, 4.69) is 40.3 Å². The van der Waals surface area contributed by atoms with Gasteiger partial charge in [-0.05, 0) is 37.2 Å². The zero-order chi connectivity index (χ0) is 10.6. The van der Waals surface area contributed by atoms with Crippen LogP contribution >= 0.6 is 15.9 Å². The molecule has 78 valence electrons. The van der Waals surface area contributed by atoms with Gasteiger partial charge < -0.3 is 10.4 Å². The van der Waals surface area contributed by atoms with Crippen molar-refractivity contribution in [2.45, 2.75) is 12.8 Å². The summed E-state index contributed by atoms with van der Waals surface area (Å²) < 4.78 is 1.06. The van der Waals surface area contributed by atoms with Crippen molar-refractivity contribution >= 4 is 15.9 Å². The Morgan fingerprint density at radius 1 is 1.50 bits per heavy atom. The predicted molar refractivity (Wildman–Crippen MR) is 62.6 cm³/mol. The molecule has 3 heteroatoms. The Bertz CT molecular complexity index is 301. The Hall–Kier alpha value is -0.380. The second-order valence-corrected chi connectivity index (χ2v) is 4.35. The van der Waals surface area contributed by atoms with Crippen LogP contribution in [0.4, 0.5) is 0 Å². The molecule has 0 aliphatic rings. The molecule has 0 radical (unpaired) electrons. The van der Waals surface area contributed by atoms with Gasteiger partial charge in [0.2, 0.25) is 0 Å². The minimum atomic E-state index is 0.178. The number of aliphatic hydroxyl groups excluding tert-OH is 1. The van der Waals surface area contributed by atoms with E-state index in [1.165, 1.54) is 11.1 Å². The fourth-order valence-electron chi connectivity index (χ4n) is 1.57. The second kappa shape index (κ2) is 5.49. The maximum atomic E-state index is 9.27. The van der Waals surface area contributed by atoms with Crippen molar-refractivity contribution < 1.29 is 5.11 Å². The van der Waals surface area contributed by atoms with E-state index < -0.39 is 0 Å². The zero-order valence-electron chi connectivity index (χ0n) is 8.55. The monoisotopic (exact) mass is 257 g/mol. The minimum Gasteiger partial charge on any atom is -0.396 e. The lowest BCUT2D eigenvalue weighted by Gasteiger charge is -2.16. The quantitative estimate of drug-likeness (QED) is 0.866. The lowest BCUT2D eigenvalue weighted by molar-refractivity contribution is 0.263. The van der Waals surface area contributed by atoms with Gasteiger partial charge >= 0.3 is 0 Å². The van der Waals surface area contributed by atoms with Crippen LogP contribution in [0.5, 0.6) is 0 Å². The summed E-state index contributed by atoms with van der Waals surface area (Å²) in [7, 11) is 1.90. The van der Waals surface area contributed by atoms with E-state index in [0.29, 0.717) is 0 Å². The fraction of sp³-hybridized carbons (Fsp3) is 0.455. The van der Waals surface area contributed by atoms with E-state index >= 15 is 0 Å². The van der Waals surface area contributed by atoms with Gasteiger partial charge in [-0.2, -0.15) is 0 Å². The molecule has 2 nitrogen and oxygen atoms in total. The van der Waals surface area contributed by atoms with Crippen molar-refractivity contribution in [2.24, 2.45) is 0 Å². The Morgan fingerprint density at radius 3 is 2.79 bits per heavy atom. The van der Waals surface area contributed by atoms with Crippen LogP contribution in [-0.4, -0.2) is 25.3 Å². The summed E-state index contributed by atoms with van der Waals surface area (Å²) in [5.41, 5.74) is 2.43. The molecule has 0 amide bonds. The molecule has 0 spiro atoms. The summed E-state index contributed by atoms with van der Waals surface area (Å²) in [6, 6.07) is 6.16. The number of hydrogen-bond donors (Lipinski definition) is 2. The van der Waals surface area contributed by atoms with Gasteiger partial charge in [-0.1, -0.05) is 22.0 Å². The lowest BCUT2D eigenvalue weighted by Crippen LogP contribution is -2.20. The highest BCUT2D eigenvalue weighted by Crippen LogP contribution is 2.23. The topological polar surface area (TPSA) is 32.3 Å². The van der Waals surface area contributed by atoms with Gasteiger partial charge in [0.25, 0.3) is 0 Å². The predicted octanol–water partition coefficient (Wildman–Crippen LogP) is 2.05. The van der Waals surface area contributed by atoms with Crippen LogP contribution in [-0.2, 0) is 0 Å². The van der Waals surface area contributed by atoms with E-state index in [9.17, 15) is 5.11 Å². The number of halogens is 1. The van der Waals surface area contributed by atoms with Gasteiger partial charge in [0, 0.05) is 16.9 Å². The molecule has 2 N–H and O–H groups in total. The highest BCUT2D eigenvalue weighted by atomic mass is 79.9. The molecule has 1 rings (SSSR count). The number of aliphatic hydroxyl groups is 1. The summed E-state index contributed by atoms with van der Waals surface area (Å²) in [5, 5.41) is 12.4. The zero-order valence-corrected chi connectivity index (χ0v) is 10.1. The third-order valence-electron chi connectivity index (χ3n) is 2.35. The van der Waals surface area contributed by atoms with Crippen molar-refractivity contribution in [1.82, 2.24) is 5.32 Å². The van der Waals surface area contributed by atoms with Crippen LogP contribution in [0, 0.1) is 6.92 Å². The number of hydrogen-bond acceptors (Lipinski definition) is 2. The normalized spacial score (nSPS) is 12.9. The third-order valence-corrected chi connectivity index (χ3v) is 2.85. The molecule has 1 aromatic rings. The molecular formula is C11H16BrNO. The van der Waals surface area contributed by atoms with Crippen LogP contribution in [0.2, 0.25) is 0 Å². The van der Waals surface area contributed by atoms with Crippen LogP contribution in [0.3, 0.4) is 0 Å². The molecule has 0 saturated heterocycles. The first kappa shape index (κ1) is 11.7. The van der Waals surface area contributed by atoms with Crippen molar-refractivity contribution in [1.29, 1.82) is 0 Å². The first-order chi connectivity index (χ1) is 6.69. The van der Waals surface area contributed by atoms with Crippen LogP contribution < -0.4 is 5.32 Å². The van der Waals surface area contributed by atoms with Gasteiger partial charge in [0.15, 0.2) is 0 Å². The maximum Gasteiger partial charge on any atom is 0.0512 e. The molecule has 0 saturated carbocycles. The summed E-state index contributed by atoms with van der Waals surface area (Å²) >= 11 is 3.44. The molecule has 0 aliphatic carbocycles. The minimum absolute atomic E-state index is 0.178. The van der Waals surface area contributed by atoms with Crippen molar-refractivity contribution in [3.8, 4) is 0 Å². The van der Waals surface area contributed by atoms with Crippen molar-refractivity contribution in [3.05, 3.63) is 33.8 Å². The van der Waals surface area contributed by atoms with Crippen LogP contribution in [0.15, 0.2) is 22.7 Å². The number of aryl methyl sites for hydroxylation is 1. The van der Waals surface area contributed by atoms with E-state index in [1.807, 2.05) is 13.1 Å². The lowest BCUT2D eigenvalue weighted by atomic mass is 9.95. The van der Waals surface area contributed by atoms with E-state index in [-0.39, 0.29) is 12.5 Å². The Labute approximate surface area is 93.5 Å². The molecule has 1 aromatic carbocycles. The molecule has 1 atom stereocenters. The number of likely N-dealkylation sites (N-methyl/N-ethyl adjacent to an activating group) is 1. The molecule has 1 unspecified atom stereocenters. The van der Waals surface area contributed by atoms with E-state index in [1.54, 1.807) is 0 Å². The van der Waals surface area contributed by atoms with Crippen LogP contribution in [0.25, 0.3) is 0 Å². The molecule has 0 bridgehead atoms. The molecular weight excluding hydrogens is 242 g/mol. The van der Waals surface area contributed by atoms with Crippen molar-refractivity contribution in [3.63, 3.8) is 0 Å². The molecule has 0 heterocycles. The maximum absolute atomic E-state index is 9.27. The molecule has 14 heavy (non-hydrogen) atoms. The second-order valence-electron chi connectivity index (χ2n) is 3.44. The third kappa shape index (κ3) is 2.80. The van der Waals surface area contributed by atoms with E-state index in [0.717, 1.165) is 11.0 Å². The summed E-state index contributed by atoms with van der Waals surface area (Å²) in [4.78, 5) is 0. The van der Waals surface area contributed by atoms with E-state index in [4.69, 9.17) is 0 Å². The SMILES string of the molecule is CNCC(CO)c1cc(Br)ccc1C. The first-order valence-corrected chi connectivity index (χ1v) is 5.49. The Balaban J connectivity index is 2.96. The van der Waals surface area contributed by atoms with Crippen LogP contribution in [0.1, 0.15) is 17.0 Å². The molecule has 0 aliphatic heterocycles. The number of benzene rings is 1. The summed E-state index contributed by atoms with van der Waals surface area (Å²) in [6.45, 7) is 3.05. The van der Waals surface area contributed by atoms with Gasteiger partial charge in [0.05, 0.1) is 6.61 Å². The van der Waals surface area contributed by atoms with Gasteiger partial charge in [-0.25, -0.2) is 0 Å². The summed E-state index contributed by atoms with van der Waals surface area (Å²) in [6.07, 6.45) is 0. The average Bonchev–Trinajstić information content (AvgIpc) is 2.18. The standard InChI is InChI=1S/C11H16BrNO/c1-8-3-4-10(12)5-11(8)9(7-14)6-13-2/h3-5,9,13-14H,6-7H2,1-2H3.